The van der Waals surface area contributed by atoms with Crippen molar-refractivity contribution < 1.29 is 4.79 Å². The van der Waals surface area contributed by atoms with Crippen LogP contribution >= 0.6 is 31.9 Å². The maximum absolute atomic E-state index is 12.2. The van der Waals surface area contributed by atoms with Crippen molar-refractivity contribution in [1.29, 1.82) is 0 Å². The fraction of sp³-hybridized carbons (Fsp3) is 0.455. The minimum Gasteiger partial charge on any atom is -0.333 e. The predicted molar refractivity (Wildman–Crippen MR) is 69.8 cm³/mol. The Balaban J connectivity index is 2.12. The summed E-state index contributed by atoms with van der Waals surface area (Å²) < 4.78 is 0.891. The standard InChI is InChI=1S/C11H12Br2N2O/c12-5-6-15(9-2-3-9)11(16)10-4-1-8(13)7-14-10/h1,4,7,9H,2-3,5-6H2. The molecule has 0 unspecified atom stereocenters. The fourth-order valence-electron chi connectivity index (χ4n) is 1.58. The monoisotopic (exact) mass is 346 g/mol. The first-order valence-corrected chi connectivity index (χ1v) is 7.12. The van der Waals surface area contributed by atoms with Crippen molar-refractivity contribution in [3.05, 3.63) is 28.5 Å². The highest BCUT2D eigenvalue weighted by molar-refractivity contribution is 9.10. The summed E-state index contributed by atoms with van der Waals surface area (Å²) in [5.41, 5.74) is 0.524. The third-order valence-electron chi connectivity index (χ3n) is 2.52. The second-order valence-electron chi connectivity index (χ2n) is 3.78. The van der Waals surface area contributed by atoms with Crippen LogP contribution in [0.15, 0.2) is 22.8 Å². The normalized spacial score (nSPS) is 14.9. The van der Waals surface area contributed by atoms with Crippen LogP contribution in [0.1, 0.15) is 23.3 Å². The van der Waals surface area contributed by atoms with Gasteiger partial charge in [0.15, 0.2) is 0 Å². The Labute approximate surface area is 111 Å². The minimum atomic E-state index is 0.0365. The van der Waals surface area contributed by atoms with E-state index in [-0.39, 0.29) is 5.91 Å². The number of halogens is 2. The molecule has 86 valence electrons. The van der Waals surface area contributed by atoms with E-state index >= 15 is 0 Å². The van der Waals surface area contributed by atoms with E-state index in [9.17, 15) is 4.79 Å². The Kier molecular flexibility index (Phi) is 3.97. The summed E-state index contributed by atoms with van der Waals surface area (Å²) in [6.07, 6.45) is 3.90. The highest BCUT2D eigenvalue weighted by atomic mass is 79.9. The molecule has 1 heterocycles. The Morgan fingerprint density at radius 1 is 1.50 bits per heavy atom. The maximum atomic E-state index is 12.2. The number of carbonyl (C=O) groups excluding carboxylic acids is 1. The zero-order valence-electron chi connectivity index (χ0n) is 8.70. The molecule has 3 nitrogen and oxygen atoms in total. The van der Waals surface area contributed by atoms with Gasteiger partial charge in [0.05, 0.1) is 0 Å². The van der Waals surface area contributed by atoms with Gasteiger partial charge in [-0.3, -0.25) is 4.79 Å². The van der Waals surface area contributed by atoms with E-state index in [1.807, 2.05) is 11.0 Å². The zero-order valence-corrected chi connectivity index (χ0v) is 11.9. The molecule has 1 saturated carbocycles. The van der Waals surface area contributed by atoms with Crippen molar-refractivity contribution in [2.24, 2.45) is 0 Å². The van der Waals surface area contributed by atoms with Crippen LogP contribution in [0.5, 0.6) is 0 Å². The largest absolute Gasteiger partial charge is 0.333 e. The molecule has 0 bridgehead atoms. The van der Waals surface area contributed by atoms with E-state index in [0.29, 0.717) is 11.7 Å². The topological polar surface area (TPSA) is 33.2 Å². The summed E-state index contributed by atoms with van der Waals surface area (Å²) in [4.78, 5) is 18.2. The molecule has 1 aromatic heterocycles. The van der Waals surface area contributed by atoms with Crippen molar-refractivity contribution in [1.82, 2.24) is 9.88 Å². The highest BCUT2D eigenvalue weighted by Gasteiger charge is 2.32. The van der Waals surface area contributed by atoms with Gasteiger partial charge in [-0.2, -0.15) is 0 Å². The number of pyridine rings is 1. The number of aromatic nitrogens is 1. The van der Waals surface area contributed by atoms with Crippen molar-refractivity contribution in [3.63, 3.8) is 0 Å². The molecule has 2 rings (SSSR count). The van der Waals surface area contributed by atoms with Crippen molar-refractivity contribution >= 4 is 37.8 Å². The molecule has 1 amide bonds. The van der Waals surface area contributed by atoms with Crippen LogP contribution in [-0.4, -0.2) is 33.7 Å². The minimum absolute atomic E-state index is 0.0365. The lowest BCUT2D eigenvalue weighted by Gasteiger charge is -2.20. The fourth-order valence-corrected chi connectivity index (χ4v) is 2.19. The average Bonchev–Trinajstić information content (AvgIpc) is 3.10. The summed E-state index contributed by atoms with van der Waals surface area (Å²) in [5, 5.41) is 0.811. The van der Waals surface area contributed by atoms with Crippen LogP contribution < -0.4 is 0 Å². The first kappa shape index (κ1) is 12.0. The van der Waals surface area contributed by atoms with E-state index in [2.05, 4.69) is 36.8 Å². The Bertz CT molecular complexity index is 376. The molecule has 1 aliphatic carbocycles. The molecule has 1 aromatic rings. The van der Waals surface area contributed by atoms with Gasteiger partial charge < -0.3 is 4.90 Å². The average molecular weight is 348 g/mol. The molecule has 0 radical (unpaired) electrons. The number of nitrogens with zero attached hydrogens (tertiary/aromatic N) is 2. The number of amides is 1. The summed E-state index contributed by atoms with van der Waals surface area (Å²) in [5.74, 6) is 0.0365. The summed E-state index contributed by atoms with van der Waals surface area (Å²) in [6, 6.07) is 4.03. The summed E-state index contributed by atoms with van der Waals surface area (Å²) in [7, 11) is 0. The Hall–Kier alpha value is -0.420. The van der Waals surface area contributed by atoms with Gasteiger partial charge in [-0.1, -0.05) is 15.9 Å². The lowest BCUT2D eigenvalue weighted by atomic mass is 10.3. The third-order valence-corrected chi connectivity index (χ3v) is 3.34. The van der Waals surface area contributed by atoms with Gasteiger partial charge in [-0.15, -0.1) is 0 Å². The molecule has 5 heteroatoms. The Morgan fingerprint density at radius 3 is 2.75 bits per heavy atom. The molecule has 0 spiro atoms. The molecule has 0 saturated heterocycles. The number of hydrogen-bond acceptors (Lipinski definition) is 2. The lowest BCUT2D eigenvalue weighted by Crippen LogP contribution is -2.35. The van der Waals surface area contributed by atoms with Crippen LogP contribution in [-0.2, 0) is 0 Å². The SMILES string of the molecule is O=C(c1ccc(Br)cn1)N(CCBr)C1CC1. The first-order chi connectivity index (χ1) is 7.72. The number of rotatable bonds is 4. The molecule has 0 atom stereocenters. The van der Waals surface area contributed by atoms with E-state index in [0.717, 1.165) is 29.2 Å². The molecule has 16 heavy (non-hydrogen) atoms. The molecule has 0 aromatic carbocycles. The number of carbonyl (C=O) groups is 1. The van der Waals surface area contributed by atoms with E-state index in [4.69, 9.17) is 0 Å². The second-order valence-corrected chi connectivity index (χ2v) is 5.49. The van der Waals surface area contributed by atoms with Crippen molar-refractivity contribution in [2.45, 2.75) is 18.9 Å². The van der Waals surface area contributed by atoms with Gasteiger partial charge in [0.1, 0.15) is 5.69 Å². The van der Waals surface area contributed by atoms with Gasteiger partial charge in [-0.05, 0) is 40.9 Å². The van der Waals surface area contributed by atoms with E-state index < -0.39 is 0 Å². The molecule has 1 fully saturated rings. The zero-order chi connectivity index (χ0) is 11.5. The maximum Gasteiger partial charge on any atom is 0.272 e. The van der Waals surface area contributed by atoms with Crippen molar-refractivity contribution in [3.8, 4) is 0 Å². The van der Waals surface area contributed by atoms with Crippen LogP contribution in [0.25, 0.3) is 0 Å². The first-order valence-electron chi connectivity index (χ1n) is 5.21. The van der Waals surface area contributed by atoms with Gasteiger partial charge in [0.25, 0.3) is 5.91 Å². The molecule has 0 aliphatic heterocycles. The number of hydrogen-bond donors (Lipinski definition) is 0. The van der Waals surface area contributed by atoms with E-state index in [1.54, 1.807) is 12.3 Å². The highest BCUT2D eigenvalue weighted by Crippen LogP contribution is 2.28. The molecular weight excluding hydrogens is 336 g/mol. The molecular formula is C11H12Br2N2O. The molecule has 0 N–H and O–H groups in total. The van der Waals surface area contributed by atoms with Crippen LogP contribution in [0, 0.1) is 0 Å². The summed E-state index contributed by atoms with van der Waals surface area (Å²) >= 11 is 6.69. The van der Waals surface area contributed by atoms with Gasteiger partial charge in [-0.25, -0.2) is 4.98 Å². The summed E-state index contributed by atoms with van der Waals surface area (Å²) in [6.45, 7) is 0.751. The Morgan fingerprint density at radius 2 is 2.25 bits per heavy atom. The van der Waals surface area contributed by atoms with E-state index in [1.165, 1.54) is 0 Å². The van der Waals surface area contributed by atoms with Crippen LogP contribution in [0.2, 0.25) is 0 Å². The van der Waals surface area contributed by atoms with Crippen LogP contribution in [0.4, 0.5) is 0 Å². The smallest absolute Gasteiger partial charge is 0.272 e. The third kappa shape index (κ3) is 2.83. The lowest BCUT2D eigenvalue weighted by molar-refractivity contribution is 0.0748. The van der Waals surface area contributed by atoms with Crippen molar-refractivity contribution in [2.75, 3.05) is 11.9 Å². The van der Waals surface area contributed by atoms with Gasteiger partial charge in [0, 0.05) is 28.6 Å². The second kappa shape index (κ2) is 5.27. The molecule has 1 aliphatic rings. The van der Waals surface area contributed by atoms with Crippen LogP contribution in [0.3, 0.4) is 0 Å². The van der Waals surface area contributed by atoms with Gasteiger partial charge in [0.2, 0.25) is 0 Å². The number of alkyl halides is 1. The predicted octanol–water partition coefficient (Wildman–Crippen LogP) is 2.84. The quantitative estimate of drug-likeness (QED) is 0.784. The van der Waals surface area contributed by atoms with Gasteiger partial charge >= 0.3 is 0 Å².